The van der Waals surface area contributed by atoms with Crippen molar-refractivity contribution in [3.05, 3.63) is 35.0 Å². The molecule has 3 aliphatic carbocycles. The molecule has 3 saturated carbocycles. The van der Waals surface area contributed by atoms with Gasteiger partial charge in [0, 0.05) is 32.2 Å². The molecule has 4 aliphatic rings. The molecule has 8 nitrogen and oxygen atoms in total. The highest BCUT2D eigenvalue weighted by molar-refractivity contribution is 5.93. The monoisotopic (exact) mass is 528 g/mol. The van der Waals surface area contributed by atoms with E-state index in [0.717, 1.165) is 24.1 Å². The molecule has 3 aromatic heterocycles. The molecule has 7 rings (SSSR count). The number of pyridine rings is 1. The molecule has 3 atom stereocenters. The van der Waals surface area contributed by atoms with Gasteiger partial charge in [0.15, 0.2) is 5.65 Å². The number of imidazole rings is 1. The number of amides is 1. The van der Waals surface area contributed by atoms with Crippen molar-refractivity contribution >= 4 is 17.1 Å². The molecule has 1 aliphatic heterocycles. The topological polar surface area (TPSA) is 101 Å². The summed E-state index contributed by atoms with van der Waals surface area (Å²) < 4.78 is 47.3. The summed E-state index contributed by atoms with van der Waals surface area (Å²) in [7, 11) is 0. The van der Waals surface area contributed by atoms with Crippen molar-refractivity contribution in [2.45, 2.75) is 88.8 Å². The number of aromatic nitrogens is 5. The van der Waals surface area contributed by atoms with Crippen molar-refractivity contribution in [2.24, 2.45) is 17.3 Å². The van der Waals surface area contributed by atoms with Crippen LogP contribution in [0.15, 0.2) is 16.8 Å². The second-order valence-electron chi connectivity index (χ2n) is 12.2. The first-order chi connectivity index (χ1) is 18.1. The summed E-state index contributed by atoms with van der Waals surface area (Å²) >= 11 is 0. The Bertz CT molecular complexity index is 1400. The molecule has 1 amide bonds. The largest absolute Gasteiger partial charge is 0.340 e. The van der Waals surface area contributed by atoms with Gasteiger partial charge in [-0.1, -0.05) is 17.2 Å². The van der Waals surface area contributed by atoms with Crippen LogP contribution in [0.4, 0.5) is 13.2 Å². The maximum Gasteiger partial charge on any atom is 0.248 e. The summed E-state index contributed by atoms with van der Waals surface area (Å²) in [6.45, 7) is 4.55. The van der Waals surface area contributed by atoms with Crippen LogP contribution in [0.3, 0.4) is 0 Å². The summed E-state index contributed by atoms with van der Waals surface area (Å²) in [5, 5.41) is 8.04. The van der Waals surface area contributed by atoms with Gasteiger partial charge in [0.1, 0.15) is 22.9 Å². The van der Waals surface area contributed by atoms with Gasteiger partial charge in [-0.05, 0) is 56.6 Å². The molecule has 0 radical (unpaired) electrons. The molecular formula is C27H31F3N6O2. The molecule has 3 aromatic rings. The lowest BCUT2D eigenvalue weighted by Gasteiger charge is -2.39. The normalized spacial score (nSPS) is 33.2. The Morgan fingerprint density at radius 2 is 1.87 bits per heavy atom. The molecule has 3 unspecified atom stereocenters. The van der Waals surface area contributed by atoms with E-state index in [9.17, 15) is 18.0 Å². The average Bonchev–Trinajstić information content (AvgIpc) is 3.43. The van der Waals surface area contributed by atoms with E-state index in [4.69, 9.17) is 14.6 Å². The van der Waals surface area contributed by atoms with Crippen LogP contribution in [0.2, 0.25) is 0 Å². The van der Waals surface area contributed by atoms with Gasteiger partial charge in [-0.2, -0.15) is 0 Å². The number of aryl methyl sites for hydroxylation is 1. The second kappa shape index (κ2) is 8.02. The van der Waals surface area contributed by atoms with Gasteiger partial charge in [0.05, 0.1) is 28.6 Å². The Morgan fingerprint density at radius 1 is 1.13 bits per heavy atom. The van der Waals surface area contributed by atoms with Crippen molar-refractivity contribution in [1.29, 1.82) is 0 Å². The summed E-state index contributed by atoms with van der Waals surface area (Å²) in [5.74, 6) is -2.18. The van der Waals surface area contributed by atoms with Gasteiger partial charge in [0.25, 0.3) is 0 Å². The minimum Gasteiger partial charge on any atom is -0.340 e. The molecule has 4 heterocycles. The number of nitrogens with zero attached hydrogens (tertiary/aromatic N) is 5. The minimum absolute atomic E-state index is 0.0790. The Kier molecular flexibility index (Phi) is 5.08. The molecule has 4 fully saturated rings. The number of halogens is 3. The van der Waals surface area contributed by atoms with E-state index >= 15 is 0 Å². The first kappa shape index (κ1) is 24.1. The standard InChI is InChI=1S/C27H31F3N6O2/c1-14-7-10-36(24(37)25-12-26(25,28)13-25)19(11-14)17-3-4-18-22(31-17)33-23(32-18)20(21-15(2)34-38-35-21)16-5-8-27(29,30)9-6-16/h3-4,14,16,19-20H,5-13H2,1-2H3,(H,31,32,33). The predicted molar refractivity (Wildman–Crippen MR) is 130 cm³/mol. The zero-order valence-corrected chi connectivity index (χ0v) is 21.5. The van der Waals surface area contributed by atoms with Crippen molar-refractivity contribution < 1.29 is 22.6 Å². The van der Waals surface area contributed by atoms with Gasteiger partial charge >= 0.3 is 0 Å². The first-order valence-corrected chi connectivity index (χ1v) is 13.6. The van der Waals surface area contributed by atoms with E-state index in [2.05, 4.69) is 22.2 Å². The maximum atomic E-state index is 14.4. The lowest BCUT2D eigenvalue weighted by Crippen LogP contribution is -2.43. The third-order valence-electron chi connectivity index (χ3n) is 9.54. The molecule has 1 N–H and O–H groups in total. The highest BCUT2D eigenvalue weighted by Gasteiger charge is 2.90. The number of hydrogen-bond acceptors (Lipinski definition) is 6. The average molecular weight is 529 g/mol. The van der Waals surface area contributed by atoms with Gasteiger partial charge in [-0.25, -0.2) is 27.8 Å². The molecule has 38 heavy (non-hydrogen) atoms. The van der Waals surface area contributed by atoms with E-state index in [1.54, 1.807) is 6.92 Å². The molecule has 11 heteroatoms. The number of hydrogen-bond donors (Lipinski definition) is 1. The van der Waals surface area contributed by atoms with Crippen LogP contribution < -0.4 is 0 Å². The molecule has 1 saturated heterocycles. The summed E-state index contributed by atoms with van der Waals surface area (Å²) in [6.07, 6.45) is 2.68. The van der Waals surface area contributed by atoms with Crippen LogP contribution in [0.1, 0.15) is 93.2 Å². The lowest BCUT2D eigenvalue weighted by atomic mass is 9.76. The lowest BCUT2D eigenvalue weighted by molar-refractivity contribution is -0.139. The van der Waals surface area contributed by atoms with Gasteiger partial charge < -0.3 is 9.88 Å². The number of nitrogens with one attached hydrogen (secondary N) is 1. The molecular weight excluding hydrogens is 497 g/mol. The fourth-order valence-electron chi connectivity index (χ4n) is 6.85. The van der Waals surface area contributed by atoms with Crippen LogP contribution in [0, 0.1) is 24.2 Å². The second-order valence-corrected chi connectivity index (χ2v) is 12.2. The van der Waals surface area contributed by atoms with Crippen LogP contribution in [-0.2, 0) is 4.79 Å². The first-order valence-electron chi connectivity index (χ1n) is 13.6. The van der Waals surface area contributed by atoms with E-state index in [1.807, 2.05) is 17.0 Å². The zero-order chi connectivity index (χ0) is 26.4. The molecule has 0 bridgehead atoms. The number of aromatic amines is 1. The van der Waals surface area contributed by atoms with Crippen molar-refractivity contribution in [1.82, 2.24) is 30.2 Å². The Balaban J connectivity index is 1.22. The summed E-state index contributed by atoms with van der Waals surface area (Å²) in [4.78, 5) is 28.2. The van der Waals surface area contributed by atoms with Crippen LogP contribution in [0.5, 0.6) is 0 Å². The van der Waals surface area contributed by atoms with E-state index in [-0.39, 0.29) is 36.6 Å². The number of piperidine rings is 1. The smallest absolute Gasteiger partial charge is 0.248 e. The SMILES string of the molecule is Cc1nonc1C(c1nc2nc(C3CC(C)CCN3C(=O)C34CC3(F)C4)ccc2[nH]1)C1CCC(F)(F)CC1. The van der Waals surface area contributed by atoms with Crippen molar-refractivity contribution in [3.8, 4) is 0 Å². The molecule has 0 aromatic carbocycles. The van der Waals surface area contributed by atoms with E-state index < -0.39 is 17.0 Å². The third-order valence-corrected chi connectivity index (χ3v) is 9.54. The van der Waals surface area contributed by atoms with E-state index in [0.29, 0.717) is 61.0 Å². The third kappa shape index (κ3) is 3.67. The number of rotatable bonds is 5. The van der Waals surface area contributed by atoms with Gasteiger partial charge in [-0.15, -0.1) is 0 Å². The van der Waals surface area contributed by atoms with Crippen LogP contribution in [0.25, 0.3) is 11.2 Å². The Morgan fingerprint density at radius 3 is 2.53 bits per heavy atom. The highest BCUT2D eigenvalue weighted by Crippen LogP contribution is 2.82. The quantitative estimate of drug-likeness (QED) is 0.475. The van der Waals surface area contributed by atoms with Gasteiger partial charge in [-0.3, -0.25) is 4.79 Å². The molecule has 0 spiro atoms. The number of likely N-dealkylation sites (tertiary alicyclic amines) is 1. The highest BCUT2D eigenvalue weighted by atomic mass is 19.3. The number of fused-ring (bicyclic) bond motifs is 2. The van der Waals surface area contributed by atoms with Crippen LogP contribution in [-0.4, -0.2) is 54.2 Å². The Hall–Kier alpha value is -2.98. The predicted octanol–water partition coefficient (Wildman–Crippen LogP) is 5.41. The fourth-order valence-corrected chi connectivity index (χ4v) is 6.85. The Labute approximate surface area is 217 Å². The zero-order valence-electron chi connectivity index (χ0n) is 21.5. The van der Waals surface area contributed by atoms with E-state index in [1.165, 1.54) is 0 Å². The summed E-state index contributed by atoms with van der Waals surface area (Å²) in [5.41, 5.74) is 1.10. The maximum absolute atomic E-state index is 14.4. The van der Waals surface area contributed by atoms with Crippen molar-refractivity contribution in [2.75, 3.05) is 6.54 Å². The number of carbonyl (C=O) groups is 1. The number of alkyl halides is 3. The minimum atomic E-state index is -2.65. The number of carbonyl (C=O) groups excluding carboxylic acids is 1. The summed E-state index contributed by atoms with van der Waals surface area (Å²) in [6, 6.07) is 3.59. The number of H-pyrrole nitrogens is 1. The van der Waals surface area contributed by atoms with Gasteiger partial charge in [0.2, 0.25) is 11.8 Å². The fraction of sp³-hybridized carbons (Fsp3) is 0.667. The van der Waals surface area contributed by atoms with Crippen molar-refractivity contribution in [3.63, 3.8) is 0 Å². The molecule has 202 valence electrons. The van der Waals surface area contributed by atoms with Crippen LogP contribution >= 0.6 is 0 Å².